The van der Waals surface area contributed by atoms with E-state index >= 15 is 0 Å². The van der Waals surface area contributed by atoms with Crippen molar-refractivity contribution in [1.29, 1.82) is 0 Å². The standard InChI is InChI=1S/C14H22N2O/c1-12(11-17-2)16-9-8-15-10-14(16)13-6-4-3-5-7-13/h3-7,12,14-15H,8-11H2,1-2H3. The van der Waals surface area contributed by atoms with Crippen LogP contribution in [0.3, 0.4) is 0 Å². The van der Waals surface area contributed by atoms with Gasteiger partial charge in [0.05, 0.1) is 6.61 Å². The molecule has 2 atom stereocenters. The summed E-state index contributed by atoms with van der Waals surface area (Å²) in [4.78, 5) is 2.54. The van der Waals surface area contributed by atoms with Crippen molar-refractivity contribution >= 4 is 0 Å². The Labute approximate surface area is 104 Å². The number of methoxy groups -OCH3 is 1. The molecule has 0 saturated carbocycles. The first-order valence-electron chi connectivity index (χ1n) is 6.33. The van der Waals surface area contributed by atoms with Crippen LogP contribution in [0.5, 0.6) is 0 Å². The van der Waals surface area contributed by atoms with E-state index in [0.717, 1.165) is 26.2 Å². The van der Waals surface area contributed by atoms with Gasteiger partial charge in [-0.2, -0.15) is 0 Å². The van der Waals surface area contributed by atoms with Crippen molar-refractivity contribution in [3.05, 3.63) is 35.9 Å². The first kappa shape index (κ1) is 12.6. The molecule has 1 aliphatic rings. The fourth-order valence-corrected chi connectivity index (χ4v) is 2.57. The molecule has 1 aromatic carbocycles. The molecule has 1 aromatic rings. The minimum absolute atomic E-state index is 0.465. The van der Waals surface area contributed by atoms with Gasteiger partial charge in [-0.3, -0.25) is 4.90 Å². The first-order valence-corrected chi connectivity index (χ1v) is 6.33. The summed E-state index contributed by atoms with van der Waals surface area (Å²) in [7, 11) is 1.77. The zero-order valence-electron chi connectivity index (χ0n) is 10.7. The molecule has 3 heteroatoms. The summed E-state index contributed by atoms with van der Waals surface area (Å²) in [6.07, 6.45) is 0. The van der Waals surface area contributed by atoms with E-state index in [-0.39, 0.29) is 0 Å². The van der Waals surface area contributed by atoms with E-state index in [1.165, 1.54) is 5.56 Å². The Morgan fingerprint density at radius 1 is 1.41 bits per heavy atom. The molecule has 0 bridgehead atoms. The lowest BCUT2D eigenvalue weighted by Gasteiger charge is -2.40. The van der Waals surface area contributed by atoms with Crippen molar-refractivity contribution in [2.24, 2.45) is 0 Å². The zero-order chi connectivity index (χ0) is 12.1. The van der Waals surface area contributed by atoms with Crippen molar-refractivity contribution < 1.29 is 4.74 Å². The number of hydrogen-bond acceptors (Lipinski definition) is 3. The Bertz CT molecular complexity index is 328. The normalized spacial score (nSPS) is 23.5. The van der Waals surface area contributed by atoms with Gasteiger partial charge in [0.1, 0.15) is 0 Å². The van der Waals surface area contributed by atoms with Crippen molar-refractivity contribution in [2.45, 2.75) is 19.0 Å². The lowest BCUT2D eigenvalue weighted by Crippen LogP contribution is -2.50. The summed E-state index contributed by atoms with van der Waals surface area (Å²) in [5.41, 5.74) is 1.39. The second-order valence-electron chi connectivity index (χ2n) is 4.67. The van der Waals surface area contributed by atoms with Gasteiger partial charge in [0.15, 0.2) is 0 Å². The monoisotopic (exact) mass is 234 g/mol. The van der Waals surface area contributed by atoms with Crippen LogP contribution < -0.4 is 5.32 Å². The maximum absolute atomic E-state index is 5.28. The highest BCUT2D eigenvalue weighted by molar-refractivity contribution is 5.20. The molecule has 0 spiro atoms. The van der Waals surface area contributed by atoms with Gasteiger partial charge < -0.3 is 10.1 Å². The maximum atomic E-state index is 5.28. The number of benzene rings is 1. The average Bonchev–Trinajstić information content (AvgIpc) is 2.40. The van der Waals surface area contributed by atoms with Gasteiger partial charge in [0.25, 0.3) is 0 Å². The van der Waals surface area contributed by atoms with Crippen LogP contribution in [-0.2, 0) is 4.74 Å². The van der Waals surface area contributed by atoms with Crippen molar-refractivity contribution in [1.82, 2.24) is 10.2 Å². The van der Waals surface area contributed by atoms with Crippen LogP contribution in [0, 0.1) is 0 Å². The van der Waals surface area contributed by atoms with Crippen molar-refractivity contribution in [3.8, 4) is 0 Å². The van der Waals surface area contributed by atoms with Gasteiger partial charge in [-0.1, -0.05) is 30.3 Å². The van der Waals surface area contributed by atoms with E-state index in [2.05, 4.69) is 47.5 Å². The summed E-state index contributed by atoms with van der Waals surface area (Å²) in [6.45, 7) is 6.22. The summed E-state index contributed by atoms with van der Waals surface area (Å²) < 4.78 is 5.28. The Balaban J connectivity index is 2.12. The third-order valence-electron chi connectivity index (χ3n) is 3.44. The highest BCUT2D eigenvalue weighted by Gasteiger charge is 2.27. The molecule has 0 aliphatic carbocycles. The number of nitrogens with zero attached hydrogens (tertiary/aromatic N) is 1. The van der Waals surface area contributed by atoms with Crippen LogP contribution >= 0.6 is 0 Å². The Morgan fingerprint density at radius 3 is 2.88 bits per heavy atom. The molecular formula is C14H22N2O. The molecule has 17 heavy (non-hydrogen) atoms. The Morgan fingerprint density at radius 2 is 2.18 bits per heavy atom. The van der Waals surface area contributed by atoms with E-state index in [0.29, 0.717) is 12.1 Å². The minimum Gasteiger partial charge on any atom is -0.383 e. The summed E-state index contributed by atoms with van der Waals surface area (Å²) in [6, 6.07) is 11.7. The lowest BCUT2D eigenvalue weighted by atomic mass is 10.0. The molecule has 3 nitrogen and oxygen atoms in total. The molecule has 1 aliphatic heterocycles. The highest BCUT2D eigenvalue weighted by atomic mass is 16.5. The molecule has 0 aromatic heterocycles. The van der Waals surface area contributed by atoms with E-state index in [1.54, 1.807) is 7.11 Å². The number of rotatable bonds is 4. The van der Waals surface area contributed by atoms with Crippen LogP contribution in [0.1, 0.15) is 18.5 Å². The second kappa shape index (κ2) is 6.15. The SMILES string of the molecule is COCC(C)N1CCNCC1c1ccccc1. The molecule has 0 radical (unpaired) electrons. The third kappa shape index (κ3) is 3.06. The molecule has 2 unspecified atom stereocenters. The lowest BCUT2D eigenvalue weighted by molar-refractivity contribution is 0.0553. The number of ether oxygens (including phenoxy) is 1. The van der Waals surface area contributed by atoms with Crippen LogP contribution in [0.4, 0.5) is 0 Å². The van der Waals surface area contributed by atoms with Gasteiger partial charge in [0.2, 0.25) is 0 Å². The molecule has 0 amide bonds. The molecule has 1 fully saturated rings. The zero-order valence-corrected chi connectivity index (χ0v) is 10.7. The third-order valence-corrected chi connectivity index (χ3v) is 3.44. The number of piperazine rings is 1. The van der Waals surface area contributed by atoms with Crippen molar-refractivity contribution in [3.63, 3.8) is 0 Å². The van der Waals surface area contributed by atoms with E-state index in [1.807, 2.05) is 0 Å². The second-order valence-corrected chi connectivity index (χ2v) is 4.67. The molecular weight excluding hydrogens is 212 g/mol. The van der Waals surface area contributed by atoms with Gasteiger partial charge in [-0.15, -0.1) is 0 Å². The molecule has 2 rings (SSSR count). The van der Waals surface area contributed by atoms with Crippen LogP contribution in [-0.4, -0.2) is 44.3 Å². The average molecular weight is 234 g/mol. The fraction of sp³-hybridized carbons (Fsp3) is 0.571. The van der Waals surface area contributed by atoms with Gasteiger partial charge in [-0.05, 0) is 12.5 Å². The maximum Gasteiger partial charge on any atom is 0.0615 e. The minimum atomic E-state index is 0.465. The topological polar surface area (TPSA) is 24.5 Å². The summed E-state index contributed by atoms with van der Waals surface area (Å²) >= 11 is 0. The summed E-state index contributed by atoms with van der Waals surface area (Å²) in [5, 5.41) is 3.48. The predicted octanol–water partition coefficient (Wildman–Crippen LogP) is 1.67. The van der Waals surface area contributed by atoms with Gasteiger partial charge in [-0.25, -0.2) is 0 Å². The predicted molar refractivity (Wildman–Crippen MR) is 70.1 cm³/mol. The van der Waals surface area contributed by atoms with Gasteiger partial charge >= 0.3 is 0 Å². The van der Waals surface area contributed by atoms with E-state index < -0.39 is 0 Å². The Kier molecular flexibility index (Phi) is 4.54. The first-order chi connectivity index (χ1) is 8.33. The summed E-state index contributed by atoms with van der Waals surface area (Å²) in [5.74, 6) is 0. The molecule has 94 valence electrons. The molecule has 1 N–H and O–H groups in total. The van der Waals surface area contributed by atoms with E-state index in [9.17, 15) is 0 Å². The van der Waals surface area contributed by atoms with Crippen molar-refractivity contribution in [2.75, 3.05) is 33.4 Å². The Hall–Kier alpha value is -0.900. The smallest absolute Gasteiger partial charge is 0.0615 e. The highest BCUT2D eigenvalue weighted by Crippen LogP contribution is 2.24. The molecule has 1 saturated heterocycles. The van der Waals surface area contributed by atoms with Crippen LogP contribution in [0.25, 0.3) is 0 Å². The van der Waals surface area contributed by atoms with E-state index in [4.69, 9.17) is 4.74 Å². The number of hydrogen-bond donors (Lipinski definition) is 1. The largest absolute Gasteiger partial charge is 0.383 e. The quantitative estimate of drug-likeness (QED) is 0.857. The molecule has 1 heterocycles. The number of nitrogens with one attached hydrogen (secondary N) is 1. The van der Waals surface area contributed by atoms with Crippen LogP contribution in [0.2, 0.25) is 0 Å². The van der Waals surface area contributed by atoms with Crippen LogP contribution in [0.15, 0.2) is 30.3 Å². The fourth-order valence-electron chi connectivity index (χ4n) is 2.57. The van der Waals surface area contributed by atoms with Gasteiger partial charge in [0, 0.05) is 38.8 Å².